The lowest BCUT2D eigenvalue weighted by Crippen LogP contribution is -2.44. The average Bonchev–Trinajstić information content (AvgIpc) is 3.45. The van der Waals surface area contributed by atoms with Crippen LogP contribution in [0.3, 0.4) is 0 Å². The Balaban J connectivity index is 1.32. The monoisotopic (exact) mass is 522 g/mol. The van der Waals surface area contributed by atoms with Gasteiger partial charge in [0.15, 0.2) is 0 Å². The Morgan fingerprint density at radius 1 is 1.08 bits per heavy atom. The predicted octanol–water partition coefficient (Wildman–Crippen LogP) is 2.52. The number of piperidine rings is 1. The number of amides is 2. The van der Waals surface area contributed by atoms with Crippen molar-refractivity contribution in [2.45, 2.75) is 44.6 Å². The second-order valence-electron chi connectivity index (χ2n) is 9.49. The molecule has 1 N–H and O–H groups in total. The van der Waals surface area contributed by atoms with Crippen LogP contribution in [0.15, 0.2) is 53.6 Å². The number of hydrogen-bond acceptors (Lipinski definition) is 6. The fourth-order valence-corrected chi connectivity index (χ4v) is 7.08. The summed E-state index contributed by atoms with van der Waals surface area (Å²) in [7, 11) is -3.92. The third-order valence-corrected chi connectivity index (χ3v) is 9.18. The Morgan fingerprint density at radius 3 is 2.65 bits per heavy atom. The molecule has 194 valence electrons. The largest absolute Gasteiger partial charge is 0.310 e. The summed E-state index contributed by atoms with van der Waals surface area (Å²) in [4.78, 5) is 31.9. The van der Waals surface area contributed by atoms with Crippen LogP contribution >= 0.6 is 0 Å². The van der Waals surface area contributed by atoms with Crippen LogP contribution in [0.5, 0.6) is 0 Å². The van der Waals surface area contributed by atoms with Gasteiger partial charge in [-0.05, 0) is 56.9 Å². The molecule has 0 saturated carbocycles. The number of pyridine rings is 1. The zero-order valence-electron chi connectivity index (χ0n) is 20.9. The van der Waals surface area contributed by atoms with E-state index >= 15 is 0 Å². The molecule has 3 aromatic rings. The van der Waals surface area contributed by atoms with Crippen LogP contribution in [0.2, 0.25) is 0 Å². The number of fused-ring (bicyclic) bond motifs is 1. The highest BCUT2D eigenvalue weighted by Gasteiger charge is 2.37. The molecule has 2 amide bonds. The van der Waals surface area contributed by atoms with E-state index in [-0.39, 0.29) is 29.8 Å². The maximum absolute atomic E-state index is 13.7. The number of benzene rings is 1. The van der Waals surface area contributed by atoms with Crippen molar-refractivity contribution in [2.24, 2.45) is 5.92 Å². The Morgan fingerprint density at radius 2 is 1.86 bits per heavy atom. The van der Waals surface area contributed by atoms with E-state index in [4.69, 9.17) is 0 Å². The van der Waals surface area contributed by atoms with E-state index in [9.17, 15) is 18.0 Å². The van der Waals surface area contributed by atoms with Crippen molar-refractivity contribution in [3.8, 4) is 0 Å². The highest BCUT2D eigenvalue weighted by atomic mass is 32.2. The van der Waals surface area contributed by atoms with Gasteiger partial charge in [0, 0.05) is 31.5 Å². The van der Waals surface area contributed by atoms with Crippen molar-refractivity contribution in [3.05, 3.63) is 65.6 Å². The van der Waals surface area contributed by atoms with Gasteiger partial charge < -0.3 is 10.2 Å². The standard InChI is InChI=1S/C26H30N6O4S/c1-18-25(19(2)32(29-18)17-24(33)31-15-12-20-8-3-4-10-22(20)31)37(35,36)30-14-7-9-21(16-30)26(34)28-23-11-5-6-13-27-23/h3-6,8,10-11,13,21H,7,9,12,14-17H2,1-2H3,(H,27,28,34). The molecule has 0 bridgehead atoms. The summed E-state index contributed by atoms with van der Waals surface area (Å²) in [6.07, 6.45) is 3.54. The minimum absolute atomic E-state index is 0.0500. The van der Waals surface area contributed by atoms with Gasteiger partial charge in [-0.3, -0.25) is 14.3 Å². The van der Waals surface area contributed by atoms with Crippen LogP contribution in [-0.4, -0.2) is 58.9 Å². The van der Waals surface area contributed by atoms with Crippen LogP contribution in [0.25, 0.3) is 0 Å². The molecule has 2 aromatic heterocycles. The second kappa shape index (κ2) is 10.1. The van der Waals surface area contributed by atoms with E-state index in [2.05, 4.69) is 15.4 Å². The summed E-state index contributed by atoms with van der Waals surface area (Å²) in [6, 6.07) is 13.0. The first kappa shape index (κ1) is 25.1. The molecule has 5 rings (SSSR count). The molecule has 11 heteroatoms. The van der Waals surface area contributed by atoms with Gasteiger partial charge in [-0.15, -0.1) is 0 Å². The smallest absolute Gasteiger partial charge is 0.248 e. The van der Waals surface area contributed by atoms with Crippen molar-refractivity contribution in [1.82, 2.24) is 19.1 Å². The molecule has 0 spiro atoms. The maximum atomic E-state index is 13.7. The summed E-state index contributed by atoms with van der Waals surface area (Å²) < 4.78 is 30.2. The molecule has 1 atom stereocenters. The van der Waals surface area contributed by atoms with Crippen molar-refractivity contribution in [2.75, 3.05) is 29.9 Å². The fraction of sp³-hybridized carbons (Fsp3) is 0.385. The van der Waals surface area contributed by atoms with E-state index < -0.39 is 15.9 Å². The average molecular weight is 523 g/mol. The van der Waals surface area contributed by atoms with Gasteiger partial charge in [0.2, 0.25) is 21.8 Å². The zero-order chi connectivity index (χ0) is 26.2. The quantitative estimate of drug-likeness (QED) is 0.532. The van der Waals surface area contributed by atoms with Crippen molar-refractivity contribution < 1.29 is 18.0 Å². The van der Waals surface area contributed by atoms with Crippen LogP contribution in [-0.2, 0) is 32.6 Å². The summed E-state index contributed by atoms with van der Waals surface area (Å²) in [5.41, 5.74) is 2.77. The molecule has 1 unspecified atom stereocenters. The number of aryl methyl sites for hydroxylation is 1. The lowest BCUT2D eigenvalue weighted by molar-refractivity contribution is -0.121. The molecule has 1 fully saturated rings. The molecule has 2 aliphatic rings. The zero-order valence-corrected chi connectivity index (χ0v) is 21.7. The number of anilines is 2. The van der Waals surface area contributed by atoms with E-state index in [0.717, 1.165) is 17.7 Å². The van der Waals surface area contributed by atoms with Crippen LogP contribution in [0.4, 0.5) is 11.5 Å². The van der Waals surface area contributed by atoms with Crippen molar-refractivity contribution in [1.29, 1.82) is 0 Å². The Bertz CT molecular complexity index is 1440. The van der Waals surface area contributed by atoms with E-state index in [0.29, 0.717) is 43.1 Å². The molecular weight excluding hydrogens is 492 g/mol. The number of aromatic nitrogens is 3. The van der Waals surface area contributed by atoms with Gasteiger partial charge in [-0.2, -0.15) is 9.40 Å². The number of para-hydroxylation sites is 1. The molecule has 37 heavy (non-hydrogen) atoms. The normalized spacial score (nSPS) is 18.0. The molecule has 0 aliphatic carbocycles. The number of hydrogen-bond donors (Lipinski definition) is 1. The second-order valence-corrected chi connectivity index (χ2v) is 11.4. The first-order valence-corrected chi connectivity index (χ1v) is 13.8. The number of carbonyl (C=O) groups excluding carboxylic acids is 2. The number of rotatable bonds is 6. The van der Waals surface area contributed by atoms with E-state index in [1.807, 2.05) is 24.3 Å². The molecule has 4 heterocycles. The first-order chi connectivity index (χ1) is 17.8. The lowest BCUT2D eigenvalue weighted by atomic mass is 9.99. The van der Waals surface area contributed by atoms with Crippen molar-refractivity contribution >= 4 is 33.3 Å². The predicted molar refractivity (Wildman–Crippen MR) is 139 cm³/mol. The molecule has 1 saturated heterocycles. The number of carbonyl (C=O) groups is 2. The SMILES string of the molecule is Cc1nn(CC(=O)N2CCc3ccccc32)c(C)c1S(=O)(=O)N1CCCC(C(=O)Nc2ccccn2)C1. The molecule has 1 aromatic carbocycles. The Labute approximate surface area is 216 Å². The van der Waals surface area contributed by atoms with Crippen LogP contribution < -0.4 is 10.2 Å². The van der Waals surface area contributed by atoms with E-state index in [1.165, 1.54) is 8.99 Å². The minimum atomic E-state index is -3.92. The van der Waals surface area contributed by atoms with Crippen molar-refractivity contribution in [3.63, 3.8) is 0 Å². The highest BCUT2D eigenvalue weighted by Crippen LogP contribution is 2.30. The van der Waals surface area contributed by atoms with Gasteiger partial charge >= 0.3 is 0 Å². The lowest BCUT2D eigenvalue weighted by Gasteiger charge is -2.31. The summed E-state index contributed by atoms with van der Waals surface area (Å²) in [5.74, 6) is -0.438. The summed E-state index contributed by atoms with van der Waals surface area (Å²) in [5, 5.41) is 7.20. The maximum Gasteiger partial charge on any atom is 0.248 e. The summed E-state index contributed by atoms with van der Waals surface area (Å²) >= 11 is 0. The van der Waals surface area contributed by atoms with Crippen LogP contribution in [0, 0.1) is 19.8 Å². The fourth-order valence-electron chi connectivity index (χ4n) is 5.19. The third-order valence-electron chi connectivity index (χ3n) is 7.06. The first-order valence-electron chi connectivity index (χ1n) is 12.4. The third kappa shape index (κ3) is 4.88. The van der Waals surface area contributed by atoms with Gasteiger partial charge in [-0.1, -0.05) is 24.3 Å². The van der Waals surface area contributed by atoms with Gasteiger partial charge in [0.25, 0.3) is 0 Å². The van der Waals surface area contributed by atoms with Crippen LogP contribution in [0.1, 0.15) is 29.8 Å². The molecule has 10 nitrogen and oxygen atoms in total. The Kier molecular flexibility index (Phi) is 6.82. The number of nitrogens with zero attached hydrogens (tertiary/aromatic N) is 5. The molecule has 2 aliphatic heterocycles. The summed E-state index contributed by atoms with van der Waals surface area (Å²) in [6.45, 7) is 4.26. The van der Waals surface area contributed by atoms with Gasteiger partial charge in [-0.25, -0.2) is 13.4 Å². The molecule has 0 radical (unpaired) electrons. The van der Waals surface area contributed by atoms with E-state index in [1.54, 1.807) is 43.1 Å². The van der Waals surface area contributed by atoms with Gasteiger partial charge in [0.1, 0.15) is 17.3 Å². The molecular formula is C26H30N6O4S. The Hall–Kier alpha value is -3.57. The highest BCUT2D eigenvalue weighted by molar-refractivity contribution is 7.89. The van der Waals surface area contributed by atoms with Gasteiger partial charge in [0.05, 0.1) is 17.3 Å². The minimum Gasteiger partial charge on any atom is -0.310 e. The number of nitrogens with one attached hydrogen (secondary N) is 1. The topological polar surface area (TPSA) is 118 Å². The number of sulfonamides is 1.